The number of alkyl halides is 2. The molecule has 0 bridgehead atoms. The summed E-state index contributed by atoms with van der Waals surface area (Å²) < 4.78 is 26.8. The summed E-state index contributed by atoms with van der Waals surface area (Å²) in [6.07, 6.45) is 4.03. The number of nitrogens with one attached hydrogen (secondary N) is 1. The zero-order valence-electron chi connectivity index (χ0n) is 14.6. The monoisotopic (exact) mass is 415 g/mol. The minimum absolute atomic E-state index is 0.270. The van der Waals surface area contributed by atoms with Gasteiger partial charge in [-0.25, -0.2) is 19.9 Å². The highest BCUT2D eigenvalue weighted by Crippen LogP contribution is 2.36. The third-order valence-electron chi connectivity index (χ3n) is 4.76. The molecule has 1 N–H and O–H groups in total. The Morgan fingerprint density at radius 2 is 2.07 bits per heavy atom. The van der Waals surface area contributed by atoms with Crippen LogP contribution in [0.4, 0.5) is 20.3 Å². The standard InChI is InChI=1S/C19H15F2N5S2/c20-19(21)26-5-3-11(4-6-26)16-8-13-17(22-9-23-18(13)28-16)25-12-1-2-15-14(7-12)24-10-27-15/h1-3,7-10,19H,4-6H2,(H,22,23,25). The number of rotatable bonds is 4. The third-order valence-corrected chi connectivity index (χ3v) is 6.68. The summed E-state index contributed by atoms with van der Waals surface area (Å²) in [4.78, 5) is 16.2. The topological polar surface area (TPSA) is 53.9 Å². The van der Waals surface area contributed by atoms with Crippen molar-refractivity contribution in [2.75, 3.05) is 18.4 Å². The molecular weight excluding hydrogens is 400 g/mol. The smallest absolute Gasteiger partial charge is 0.295 e. The molecule has 28 heavy (non-hydrogen) atoms. The van der Waals surface area contributed by atoms with Gasteiger partial charge in [0.05, 0.1) is 21.1 Å². The highest BCUT2D eigenvalue weighted by atomic mass is 32.1. The van der Waals surface area contributed by atoms with Crippen molar-refractivity contribution in [3.05, 3.63) is 47.1 Å². The van der Waals surface area contributed by atoms with Gasteiger partial charge in [-0.15, -0.1) is 22.7 Å². The van der Waals surface area contributed by atoms with Crippen LogP contribution in [0.15, 0.2) is 42.2 Å². The number of thiazole rings is 1. The fourth-order valence-electron chi connectivity index (χ4n) is 3.27. The van der Waals surface area contributed by atoms with Crippen LogP contribution in [-0.2, 0) is 0 Å². The number of hydrogen-bond acceptors (Lipinski definition) is 7. The molecule has 0 fully saturated rings. The molecule has 0 radical (unpaired) electrons. The van der Waals surface area contributed by atoms with Crippen LogP contribution in [0, 0.1) is 0 Å². The van der Waals surface area contributed by atoms with Crippen molar-refractivity contribution in [3.8, 4) is 0 Å². The van der Waals surface area contributed by atoms with Gasteiger partial charge < -0.3 is 5.32 Å². The fraction of sp³-hybridized carbons (Fsp3) is 0.211. The molecule has 0 spiro atoms. The first kappa shape index (κ1) is 17.6. The minimum Gasteiger partial charge on any atom is -0.340 e. The van der Waals surface area contributed by atoms with Crippen molar-refractivity contribution in [2.24, 2.45) is 0 Å². The van der Waals surface area contributed by atoms with Crippen LogP contribution in [-0.4, -0.2) is 39.5 Å². The fourth-order valence-corrected chi connectivity index (χ4v) is 5.00. The van der Waals surface area contributed by atoms with Crippen LogP contribution >= 0.6 is 22.7 Å². The average Bonchev–Trinajstić information content (AvgIpc) is 3.35. The van der Waals surface area contributed by atoms with E-state index in [9.17, 15) is 8.78 Å². The highest BCUT2D eigenvalue weighted by molar-refractivity contribution is 7.19. The Bertz CT molecular complexity index is 1180. The molecular formula is C19H15F2N5S2. The van der Waals surface area contributed by atoms with Crippen LogP contribution < -0.4 is 5.32 Å². The first-order chi connectivity index (χ1) is 13.7. The molecule has 142 valence electrons. The molecule has 0 saturated carbocycles. The van der Waals surface area contributed by atoms with Crippen molar-refractivity contribution in [2.45, 2.75) is 13.0 Å². The van der Waals surface area contributed by atoms with E-state index in [4.69, 9.17) is 0 Å². The quantitative estimate of drug-likeness (QED) is 0.455. The SMILES string of the molecule is FC(F)N1CC=C(c2cc3c(Nc4ccc5scnc5c4)ncnc3s2)CC1. The molecule has 0 unspecified atom stereocenters. The normalized spacial score (nSPS) is 15.5. The van der Waals surface area contributed by atoms with E-state index in [1.807, 2.05) is 35.9 Å². The largest absolute Gasteiger partial charge is 0.340 e. The van der Waals surface area contributed by atoms with Gasteiger partial charge in [0.25, 0.3) is 6.55 Å². The molecule has 1 aliphatic rings. The lowest BCUT2D eigenvalue weighted by molar-refractivity contribution is -0.0197. The molecule has 5 nitrogen and oxygen atoms in total. The van der Waals surface area contributed by atoms with Gasteiger partial charge in [-0.3, -0.25) is 0 Å². The second kappa shape index (κ2) is 7.16. The van der Waals surface area contributed by atoms with Gasteiger partial charge in [0, 0.05) is 23.7 Å². The first-order valence-corrected chi connectivity index (χ1v) is 10.4. The van der Waals surface area contributed by atoms with Gasteiger partial charge in [-0.1, -0.05) is 6.08 Å². The van der Waals surface area contributed by atoms with Crippen molar-refractivity contribution < 1.29 is 8.78 Å². The molecule has 0 amide bonds. The van der Waals surface area contributed by atoms with Crippen molar-refractivity contribution in [1.82, 2.24) is 19.9 Å². The lowest BCUT2D eigenvalue weighted by Crippen LogP contribution is -2.32. The Morgan fingerprint density at radius 3 is 2.89 bits per heavy atom. The molecule has 0 saturated heterocycles. The van der Waals surface area contributed by atoms with E-state index < -0.39 is 6.55 Å². The number of nitrogens with zero attached hydrogens (tertiary/aromatic N) is 4. The number of anilines is 2. The summed E-state index contributed by atoms with van der Waals surface area (Å²) in [5.41, 5.74) is 4.78. The van der Waals surface area contributed by atoms with E-state index >= 15 is 0 Å². The number of halogens is 2. The maximum absolute atomic E-state index is 12.8. The van der Waals surface area contributed by atoms with Gasteiger partial charge in [-0.05, 0) is 36.3 Å². The maximum atomic E-state index is 12.8. The summed E-state index contributed by atoms with van der Waals surface area (Å²) in [5.74, 6) is 0.729. The van der Waals surface area contributed by atoms with Gasteiger partial charge in [0.2, 0.25) is 0 Å². The molecule has 0 aliphatic carbocycles. The number of benzene rings is 1. The third kappa shape index (κ3) is 3.25. The van der Waals surface area contributed by atoms with Crippen LogP contribution in [0.1, 0.15) is 11.3 Å². The Balaban J connectivity index is 1.46. The summed E-state index contributed by atoms with van der Waals surface area (Å²) >= 11 is 3.17. The van der Waals surface area contributed by atoms with Crippen LogP contribution in [0.5, 0.6) is 0 Å². The molecule has 4 aromatic rings. The zero-order valence-corrected chi connectivity index (χ0v) is 16.2. The Labute approximate surface area is 167 Å². The van der Waals surface area contributed by atoms with E-state index in [2.05, 4.69) is 20.3 Å². The zero-order chi connectivity index (χ0) is 19.1. The van der Waals surface area contributed by atoms with E-state index in [0.717, 1.165) is 47.3 Å². The predicted molar refractivity (Wildman–Crippen MR) is 110 cm³/mol. The number of thiophene rings is 1. The Morgan fingerprint density at radius 1 is 1.14 bits per heavy atom. The minimum atomic E-state index is -2.41. The van der Waals surface area contributed by atoms with E-state index in [-0.39, 0.29) is 6.54 Å². The highest BCUT2D eigenvalue weighted by Gasteiger charge is 2.21. The van der Waals surface area contributed by atoms with Gasteiger partial charge >= 0.3 is 0 Å². The molecule has 5 rings (SSSR count). The number of aromatic nitrogens is 3. The molecule has 9 heteroatoms. The lowest BCUT2D eigenvalue weighted by atomic mass is 10.1. The van der Waals surface area contributed by atoms with Gasteiger partial charge in [0.1, 0.15) is 17.0 Å². The average molecular weight is 415 g/mol. The van der Waals surface area contributed by atoms with Gasteiger partial charge in [0.15, 0.2) is 0 Å². The Kier molecular flexibility index (Phi) is 4.50. The summed E-state index contributed by atoms with van der Waals surface area (Å²) in [7, 11) is 0. The van der Waals surface area contributed by atoms with E-state index in [1.165, 1.54) is 0 Å². The number of fused-ring (bicyclic) bond motifs is 2. The van der Waals surface area contributed by atoms with Crippen LogP contribution in [0.2, 0.25) is 0 Å². The first-order valence-electron chi connectivity index (χ1n) is 8.74. The summed E-state index contributed by atoms with van der Waals surface area (Å²) in [6, 6.07) is 8.09. The number of hydrogen-bond donors (Lipinski definition) is 1. The second-order valence-electron chi connectivity index (χ2n) is 6.46. The molecule has 1 aromatic carbocycles. The lowest BCUT2D eigenvalue weighted by Gasteiger charge is -2.24. The maximum Gasteiger partial charge on any atom is 0.295 e. The van der Waals surface area contributed by atoms with Gasteiger partial charge in [-0.2, -0.15) is 8.78 Å². The molecule has 3 aromatic heterocycles. The Hall–Kier alpha value is -2.49. The van der Waals surface area contributed by atoms with Crippen LogP contribution in [0.3, 0.4) is 0 Å². The van der Waals surface area contributed by atoms with Crippen LogP contribution in [0.25, 0.3) is 26.0 Å². The van der Waals surface area contributed by atoms with Crippen molar-refractivity contribution in [1.29, 1.82) is 0 Å². The second-order valence-corrected chi connectivity index (χ2v) is 8.38. The summed E-state index contributed by atoms with van der Waals surface area (Å²) in [5, 5.41) is 4.29. The predicted octanol–water partition coefficient (Wildman–Crippen LogP) is 5.36. The van der Waals surface area contributed by atoms with E-state index in [1.54, 1.807) is 29.0 Å². The molecule has 1 aliphatic heterocycles. The molecule has 4 heterocycles. The summed E-state index contributed by atoms with van der Waals surface area (Å²) in [6.45, 7) is -1.77. The van der Waals surface area contributed by atoms with Crippen molar-refractivity contribution in [3.63, 3.8) is 0 Å². The van der Waals surface area contributed by atoms with E-state index in [0.29, 0.717) is 13.0 Å². The van der Waals surface area contributed by atoms with Crippen molar-refractivity contribution >= 4 is 60.2 Å². The molecule has 0 atom stereocenters.